The van der Waals surface area contributed by atoms with E-state index in [1.807, 2.05) is 63.2 Å². The van der Waals surface area contributed by atoms with Crippen LogP contribution in [0.2, 0.25) is 0 Å². The molecule has 0 aliphatic heterocycles. The molecule has 0 radical (unpaired) electrons. The van der Waals surface area contributed by atoms with Crippen molar-refractivity contribution in [1.82, 2.24) is 10.3 Å². The second-order valence-corrected chi connectivity index (χ2v) is 6.95. The SMILES string of the molecule is Cc1cccc(CNC(=O)c2cncc(Nc3ccc(OC(C)C)cc3)c2)c1. The summed E-state index contributed by atoms with van der Waals surface area (Å²) in [6, 6.07) is 17.6. The Hall–Kier alpha value is -3.34. The number of hydrogen-bond acceptors (Lipinski definition) is 4. The van der Waals surface area contributed by atoms with Crippen molar-refractivity contribution >= 4 is 17.3 Å². The van der Waals surface area contributed by atoms with Crippen LogP contribution in [-0.4, -0.2) is 17.0 Å². The number of aromatic nitrogens is 1. The standard InChI is InChI=1S/C23H25N3O2/c1-16(2)28-22-9-7-20(8-10-22)26-21-12-19(14-24-15-21)23(27)25-13-18-6-4-5-17(3)11-18/h4-12,14-16,26H,13H2,1-3H3,(H,25,27). The number of nitrogens with one attached hydrogen (secondary N) is 2. The molecule has 28 heavy (non-hydrogen) atoms. The fourth-order valence-electron chi connectivity index (χ4n) is 2.79. The lowest BCUT2D eigenvalue weighted by Gasteiger charge is -2.11. The van der Waals surface area contributed by atoms with Crippen molar-refractivity contribution in [3.63, 3.8) is 0 Å². The zero-order valence-electron chi connectivity index (χ0n) is 16.4. The van der Waals surface area contributed by atoms with Crippen molar-refractivity contribution in [2.75, 3.05) is 5.32 Å². The normalized spacial score (nSPS) is 10.6. The molecule has 5 heteroatoms. The number of anilines is 2. The third kappa shape index (κ3) is 5.58. The highest BCUT2D eigenvalue weighted by Crippen LogP contribution is 2.21. The van der Waals surface area contributed by atoms with Crippen LogP contribution >= 0.6 is 0 Å². The van der Waals surface area contributed by atoms with Gasteiger partial charge in [0.05, 0.1) is 23.6 Å². The van der Waals surface area contributed by atoms with Crippen LogP contribution in [0.1, 0.15) is 35.3 Å². The molecule has 0 saturated carbocycles. The Bertz CT molecular complexity index is 937. The number of rotatable bonds is 7. The van der Waals surface area contributed by atoms with Crippen LogP contribution in [0.15, 0.2) is 67.0 Å². The van der Waals surface area contributed by atoms with Crippen molar-refractivity contribution in [3.05, 3.63) is 83.7 Å². The predicted octanol–water partition coefficient (Wildman–Crippen LogP) is 4.85. The Morgan fingerprint density at radius 1 is 1.04 bits per heavy atom. The topological polar surface area (TPSA) is 63.2 Å². The van der Waals surface area contributed by atoms with E-state index in [9.17, 15) is 4.79 Å². The fraction of sp³-hybridized carbons (Fsp3) is 0.217. The second-order valence-electron chi connectivity index (χ2n) is 6.95. The number of benzene rings is 2. The van der Waals surface area contributed by atoms with Gasteiger partial charge in [-0.15, -0.1) is 0 Å². The van der Waals surface area contributed by atoms with E-state index in [1.165, 1.54) is 5.56 Å². The summed E-state index contributed by atoms with van der Waals surface area (Å²) in [5.74, 6) is 0.668. The maximum Gasteiger partial charge on any atom is 0.253 e. The molecule has 1 heterocycles. The largest absolute Gasteiger partial charge is 0.491 e. The summed E-state index contributed by atoms with van der Waals surface area (Å²) in [6.07, 6.45) is 3.39. The molecule has 0 saturated heterocycles. The molecular formula is C23H25N3O2. The Balaban J connectivity index is 1.62. The van der Waals surface area contributed by atoms with Gasteiger partial charge in [-0.3, -0.25) is 9.78 Å². The van der Waals surface area contributed by atoms with E-state index in [0.717, 1.165) is 22.7 Å². The number of ether oxygens (including phenoxy) is 1. The molecule has 2 aromatic carbocycles. The lowest BCUT2D eigenvalue weighted by Crippen LogP contribution is -2.23. The molecule has 0 aliphatic carbocycles. The molecule has 0 atom stereocenters. The molecule has 0 bridgehead atoms. The first-order valence-electron chi connectivity index (χ1n) is 9.32. The number of carbonyl (C=O) groups excluding carboxylic acids is 1. The van der Waals surface area contributed by atoms with Crippen molar-refractivity contribution in [2.45, 2.75) is 33.4 Å². The molecule has 2 N–H and O–H groups in total. The van der Waals surface area contributed by atoms with E-state index >= 15 is 0 Å². The summed E-state index contributed by atoms with van der Waals surface area (Å²) >= 11 is 0. The maximum atomic E-state index is 12.5. The molecule has 0 fully saturated rings. The summed E-state index contributed by atoms with van der Waals surface area (Å²) < 4.78 is 5.65. The third-order valence-corrected chi connectivity index (χ3v) is 4.05. The summed E-state index contributed by atoms with van der Waals surface area (Å²) in [7, 11) is 0. The van der Waals surface area contributed by atoms with E-state index in [1.54, 1.807) is 18.5 Å². The number of hydrogen-bond donors (Lipinski definition) is 2. The molecule has 144 valence electrons. The van der Waals surface area contributed by atoms with Crippen LogP contribution in [0.5, 0.6) is 5.75 Å². The molecule has 1 amide bonds. The van der Waals surface area contributed by atoms with E-state index in [0.29, 0.717) is 12.1 Å². The zero-order chi connectivity index (χ0) is 19.9. The molecule has 3 aromatic rings. The van der Waals surface area contributed by atoms with Gasteiger partial charge in [-0.2, -0.15) is 0 Å². The average molecular weight is 375 g/mol. The number of amides is 1. The highest BCUT2D eigenvalue weighted by molar-refractivity contribution is 5.94. The summed E-state index contributed by atoms with van der Waals surface area (Å²) in [5.41, 5.74) is 4.40. The number of nitrogens with zero attached hydrogens (tertiary/aromatic N) is 1. The minimum Gasteiger partial charge on any atom is -0.491 e. The lowest BCUT2D eigenvalue weighted by atomic mass is 10.1. The molecule has 1 aromatic heterocycles. The van der Waals surface area contributed by atoms with Gasteiger partial charge in [0.1, 0.15) is 5.75 Å². The molecule has 0 unspecified atom stereocenters. The number of aryl methyl sites for hydroxylation is 1. The molecular weight excluding hydrogens is 350 g/mol. The summed E-state index contributed by atoms with van der Waals surface area (Å²) in [5, 5.41) is 6.20. The van der Waals surface area contributed by atoms with Crippen LogP contribution in [-0.2, 0) is 6.54 Å². The number of pyridine rings is 1. The molecule has 3 rings (SSSR count). The first kappa shape index (κ1) is 19.4. The first-order chi connectivity index (χ1) is 13.5. The monoisotopic (exact) mass is 375 g/mol. The fourth-order valence-corrected chi connectivity index (χ4v) is 2.79. The minimum absolute atomic E-state index is 0.137. The Kier molecular flexibility index (Phi) is 6.27. The van der Waals surface area contributed by atoms with Crippen LogP contribution in [0.4, 0.5) is 11.4 Å². The van der Waals surface area contributed by atoms with Gasteiger partial charge < -0.3 is 15.4 Å². The summed E-state index contributed by atoms with van der Waals surface area (Å²) in [4.78, 5) is 16.6. The van der Waals surface area contributed by atoms with Crippen molar-refractivity contribution in [3.8, 4) is 5.75 Å². The van der Waals surface area contributed by atoms with Gasteiger partial charge >= 0.3 is 0 Å². The van der Waals surface area contributed by atoms with Gasteiger partial charge in [0.2, 0.25) is 0 Å². The van der Waals surface area contributed by atoms with E-state index in [-0.39, 0.29) is 12.0 Å². The molecule has 0 spiro atoms. The van der Waals surface area contributed by atoms with Gasteiger partial charge in [-0.05, 0) is 56.7 Å². The van der Waals surface area contributed by atoms with Gasteiger partial charge in [-0.1, -0.05) is 29.8 Å². The van der Waals surface area contributed by atoms with Crippen LogP contribution in [0.25, 0.3) is 0 Å². The quantitative estimate of drug-likeness (QED) is 0.620. The predicted molar refractivity (Wildman–Crippen MR) is 112 cm³/mol. The Morgan fingerprint density at radius 2 is 1.82 bits per heavy atom. The second kappa shape index (κ2) is 9.04. The lowest BCUT2D eigenvalue weighted by molar-refractivity contribution is 0.0950. The third-order valence-electron chi connectivity index (χ3n) is 4.05. The van der Waals surface area contributed by atoms with E-state index in [4.69, 9.17) is 4.74 Å². The minimum atomic E-state index is -0.154. The van der Waals surface area contributed by atoms with E-state index < -0.39 is 0 Å². The van der Waals surface area contributed by atoms with Crippen LogP contribution < -0.4 is 15.4 Å². The van der Waals surface area contributed by atoms with Crippen molar-refractivity contribution in [1.29, 1.82) is 0 Å². The van der Waals surface area contributed by atoms with Crippen LogP contribution in [0.3, 0.4) is 0 Å². The van der Waals surface area contributed by atoms with Gasteiger partial charge in [0.15, 0.2) is 0 Å². The van der Waals surface area contributed by atoms with Gasteiger partial charge in [0, 0.05) is 18.4 Å². The highest BCUT2D eigenvalue weighted by atomic mass is 16.5. The molecule has 0 aliphatic rings. The van der Waals surface area contributed by atoms with Crippen LogP contribution in [0, 0.1) is 6.92 Å². The molecule has 5 nitrogen and oxygen atoms in total. The first-order valence-corrected chi connectivity index (χ1v) is 9.32. The zero-order valence-corrected chi connectivity index (χ0v) is 16.4. The van der Waals surface area contributed by atoms with Crippen molar-refractivity contribution in [2.24, 2.45) is 0 Å². The van der Waals surface area contributed by atoms with Gasteiger partial charge in [0.25, 0.3) is 5.91 Å². The van der Waals surface area contributed by atoms with Gasteiger partial charge in [-0.25, -0.2) is 0 Å². The number of carbonyl (C=O) groups is 1. The average Bonchev–Trinajstić information content (AvgIpc) is 2.67. The highest BCUT2D eigenvalue weighted by Gasteiger charge is 2.07. The summed E-state index contributed by atoms with van der Waals surface area (Å²) in [6.45, 7) is 6.50. The Morgan fingerprint density at radius 3 is 2.54 bits per heavy atom. The maximum absolute atomic E-state index is 12.5. The van der Waals surface area contributed by atoms with E-state index in [2.05, 4.69) is 21.7 Å². The van der Waals surface area contributed by atoms with Crippen molar-refractivity contribution < 1.29 is 9.53 Å². The Labute approximate surface area is 165 Å². The smallest absolute Gasteiger partial charge is 0.253 e.